The van der Waals surface area contributed by atoms with Crippen molar-refractivity contribution in [3.8, 4) is 0 Å². The third-order valence-electron chi connectivity index (χ3n) is 2.63. The zero-order chi connectivity index (χ0) is 12.5. The monoisotopic (exact) mass is 228 g/mol. The van der Waals surface area contributed by atoms with E-state index in [4.69, 9.17) is 0 Å². The smallest absolute Gasteiger partial charge is 0.119 e. The molecule has 0 N–H and O–H groups in total. The van der Waals surface area contributed by atoms with Gasteiger partial charge in [0.2, 0.25) is 0 Å². The first-order chi connectivity index (χ1) is 7.83. The van der Waals surface area contributed by atoms with E-state index in [0.717, 1.165) is 19.1 Å². The lowest BCUT2D eigenvalue weighted by molar-refractivity contribution is -0.107. The summed E-state index contributed by atoms with van der Waals surface area (Å²) in [6.07, 6.45) is 15.0. The highest BCUT2D eigenvalue weighted by Gasteiger charge is 1.86. The summed E-state index contributed by atoms with van der Waals surface area (Å²) in [7, 11) is 0. The molecule has 1 heteroatoms. The number of hydrogen-bond donors (Lipinski definition) is 0. The van der Waals surface area contributed by atoms with E-state index >= 15 is 0 Å². The van der Waals surface area contributed by atoms with E-state index in [1.165, 1.54) is 57.8 Å². The van der Waals surface area contributed by atoms with Crippen LogP contribution in [0.1, 0.15) is 91.4 Å². The van der Waals surface area contributed by atoms with Crippen molar-refractivity contribution in [3.63, 3.8) is 0 Å². The molecule has 0 amide bonds. The lowest BCUT2D eigenvalue weighted by Gasteiger charge is -1.93. The molecule has 0 aliphatic heterocycles. The van der Waals surface area contributed by atoms with Crippen LogP contribution in [-0.4, -0.2) is 6.29 Å². The maximum absolute atomic E-state index is 9.84. The van der Waals surface area contributed by atoms with E-state index in [1.54, 1.807) is 0 Å². The Kier molecular flexibility index (Phi) is 22.7. The average molecular weight is 228 g/mol. The summed E-state index contributed by atoms with van der Waals surface area (Å²) in [5.41, 5.74) is 0. The third-order valence-corrected chi connectivity index (χ3v) is 2.63. The molecule has 0 aromatic rings. The molecular formula is C15H32O. The van der Waals surface area contributed by atoms with Crippen LogP contribution >= 0.6 is 0 Å². The van der Waals surface area contributed by atoms with Gasteiger partial charge in [-0.1, -0.05) is 78.6 Å². The summed E-state index contributed by atoms with van der Waals surface area (Å²) < 4.78 is 0. The minimum atomic E-state index is 0.754. The van der Waals surface area contributed by atoms with Gasteiger partial charge in [0.1, 0.15) is 6.29 Å². The predicted octanol–water partition coefficient (Wildman–Crippen LogP) is 5.52. The molecule has 98 valence electrons. The molecule has 0 aliphatic rings. The Morgan fingerprint density at radius 1 is 0.625 bits per heavy atom. The quantitative estimate of drug-likeness (QED) is 0.355. The van der Waals surface area contributed by atoms with Crippen LogP contribution in [0, 0.1) is 0 Å². The summed E-state index contributed by atoms with van der Waals surface area (Å²) in [5, 5.41) is 0. The topological polar surface area (TPSA) is 17.1 Å². The first-order valence-corrected chi connectivity index (χ1v) is 7.27. The highest BCUT2D eigenvalue weighted by molar-refractivity contribution is 5.48. The first kappa shape index (κ1) is 18.0. The van der Waals surface area contributed by atoms with Crippen molar-refractivity contribution >= 4 is 6.29 Å². The second-order valence-corrected chi connectivity index (χ2v) is 4.43. The van der Waals surface area contributed by atoms with E-state index in [2.05, 4.69) is 20.8 Å². The standard InChI is InChI=1S/C8H16O.C7H16/c1-2-3-4-5-6-7-8-9;1-3-5-7-6-4-2/h8H,2-7H2,1H3;3-7H2,1-2H3. The minimum Gasteiger partial charge on any atom is -0.303 e. The average Bonchev–Trinajstić information content (AvgIpc) is 2.31. The number of hydrogen-bond acceptors (Lipinski definition) is 1. The van der Waals surface area contributed by atoms with Gasteiger partial charge in [-0.3, -0.25) is 0 Å². The molecule has 0 aliphatic carbocycles. The molecule has 0 unspecified atom stereocenters. The van der Waals surface area contributed by atoms with Gasteiger partial charge in [-0.2, -0.15) is 0 Å². The van der Waals surface area contributed by atoms with Gasteiger partial charge in [0.15, 0.2) is 0 Å². The van der Waals surface area contributed by atoms with Crippen LogP contribution in [-0.2, 0) is 4.79 Å². The van der Waals surface area contributed by atoms with E-state index < -0.39 is 0 Å². The Morgan fingerprint density at radius 2 is 1.00 bits per heavy atom. The second kappa shape index (κ2) is 20.1. The number of rotatable bonds is 10. The van der Waals surface area contributed by atoms with Crippen molar-refractivity contribution in [2.75, 3.05) is 0 Å². The molecule has 0 rings (SSSR count). The van der Waals surface area contributed by atoms with E-state index in [9.17, 15) is 4.79 Å². The summed E-state index contributed by atoms with van der Waals surface area (Å²) in [6, 6.07) is 0. The van der Waals surface area contributed by atoms with Gasteiger partial charge in [0, 0.05) is 6.42 Å². The van der Waals surface area contributed by atoms with Crippen molar-refractivity contribution in [3.05, 3.63) is 0 Å². The molecule has 0 fully saturated rings. The molecule has 0 atom stereocenters. The van der Waals surface area contributed by atoms with Crippen LogP contribution in [0.2, 0.25) is 0 Å². The summed E-state index contributed by atoms with van der Waals surface area (Å²) >= 11 is 0. The van der Waals surface area contributed by atoms with E-state index in [-0.39, 0.29) is 0 Å². The van der Waals surface area contributed by atoms with Gasteiger partial charge in [-0.05, 0) is 6.42 Å². The number of carbonyl (C=O) groups excluding carboxylic acids is 1. The van der Waals surface area contributed by atoms with E-state index in [1.807, 2.05) is 0 Å². The van der Waals surface area contributed by atoms with Crippen molar-refractivity contribution in [1.29, 1.82) is 0 Å². The Balaban J connectivity index is 0. The largest absolute Gasteiger partial charge is 0.303 e. The molecule has 0 saturated heterocycles. The molecule has 0 bridgehead atoms. The molecule has 0 spiro atoms. The molecule has 0 radical (unpaired) electrons. The van der Waals surface area contributed by atoms with Crippen LogP contribution in [0.5, 0.6) is 0 Å². The zero-order valence-electron chi connectivity index (χ0n) is 11.8. The Morgan fingerprint density at radius 3 is 1.38 bits per heavy atom. The van der Waals surface area contributed by atoms with Crippen LogP contribution in [0.25, 0.3) is 0 Å². The summed E-state index contributed by atoms with van der Waals surface area (Å²) in [6.45, 7) is 6.69. The number of unbranched alkanes of at least 4 members (excludes halogenated alkanes) is 9. The minimum absolute atomic E-state index is 0.754. The molecule has 16 heavy (non-hydrogen) atoms. The molecular weight excluding hydrogens is 196 g/mol. The van der Waals surface area contributed by atoms with Gasteiger partial charge >= 0.3 is 0 Å². The molecule has 0 aromatic heterocycles. The van der Waals surface area contributed by atoms with Crippen molar-refractivity contribution in [1.82, 2.24) is 0 Å². The number of aldehydes is 1. The van der Waals surface area contributed by atoms with Crippen molar-refractivity contribution in [2.45, 2.75) is 91.4 Å². The maximum atomic E-state index is 9.84. The fourth-order valence-electron chi connectivity index (χ4n) is 1.51. The Bertz CT molecular complexity index is 106. The number of carbonyl (C=O) groups is 1. The third kappa shape index (κ3) is 23.5. The molecule has 0 aromatic carbocycles. The van der Waals surface area contributed by atoms with E-state index in [0.29, 0.717) is 0 Å². The van der Waals surface area contributed by atoms with Crippen LogP contribution in [0.15, 0.2) is 0 Å². The predicted molar refractivity (Wildman–Crippen MR) is 73.9 cm³/mol. The summed E-state index contributed by atoms with van der Waals surface area (Å²) in [4.78, 5) is 9.84. The Labute approximate surface area is 103 Å². The van der Waals surface area contributed by atoms with Crippen LogP contribution in [0.3, 0.4) is 0 Å². The SMILES string of the molecule is CCCCCCC.CCCCCCCC=O. The highest BCUT2D eigenvalue weighted by Crippen LogP contribution is 2.03. The Hall–Kier alpha value is -0.330. The fourth-order valence-corrected chi connectivity index (χ4v) is 1.51. The summed E-state index contributed by atoms with van der Waals surface area (Å²) in [5.74, 6) is 0. The van der Waals surface area contributed by atoms with Gasteiger partial charge in [-0.25, -0.2) is 0 Å². The van der Waals surface area contributed by atoms with Gasteiger partial charge in [0.05, 0.1) is 0 Å². The normalized spacial score (nSPS) is 9.44. The maximum Gasteiger partial charge on any atom is 0.119 e. The van der Waals surface area contributed by atoms with Crippen molar-refractivity contribution < 1.29 is 4.79 Å². The fraction of sp³-hybridized carbons (Fsp3) is 0.933. The molecule has 0 saturated carbocycles. The zero-order valence-corrected chi connectivity index (χ0v) is 11.8. The van der Waals surface area contributed by atoms with Crippen LogP contribution < -0.4 is 0 Å². The second-order valence-electron chi connectivity index (χ2n) is 4.43. The van der Waals surface area contributed by atoms with Gasteiger partial charge in [0.25, 0.3) is 0 Å². The van der Waals surface area contributed by atoms with Gasteiger partial charge < -0.3 is 4.79 Å². The van der Waals surface area contributed by atoms with Crippen molar-refractivity contribution in [2.24, 2.45) is 0 Å². The lowest BCUT2D eigenvalue weighted by Crippen LogP contribution is -1.78. The molecule has 0 heterocycles. The highest BCUT2D eigenvalue weighted by atomic mass is 16.1. The molecule has 1 nitrogen and oxygen atoms in total. The first-order valence-electron chi connectivity index (χ1n) is 7.27. The lowest BCUT2D eigenvalue weighted by atomic mass is 10.1. The van der Waals surface area contributed by atoms with Crippen LogP contribution in [0.4, 0.5) is 0 Å². The van der Waals surface area contributed by atoms with Gasteiger partial charge in [-0.15, -0.1) is 0 Å².